The van der Waals surface area contributed by atoms with E-state index in [9.17, 15) is 10.1 Å². The fourth-order valence-corrected chi connectivity index (χ4v) is 1.98. The molecule has 0 radical (unpaired) electrons. The zero-order valence-corrected chi connectivity index (χ0v) is 9.94. The molecule has 1 aromatic carbocycles. The van der Waals surface area contributed by atoms with Gasteiger partial charge >= 0.3 is 0 Å². The van der Waals surface area contributed by atoms with Gasteiger partial charge in [0.1, 0.15) is 12.4 Å². The van der Waals surface area contributed by atoms with Crippen molar-refractivity contribution in [3.05, 3.63) is 33.3 Å². The average molecular weight is 257 g/mol. The topological polar surface area (TPSA) is 64.4 Å². The number of hydrogen-bond donors (Lipinski definition) is 1. The number of benzene rings is 1. The first-order valence-corrected chi connectivity index (χ1v) is 5.85. The van der Waals surface area contributed by atoms with Gasteiger partial charge in [0.05, 0.1) is 16.0 Å². The van der Waals surface area contributed by atoms with Gasteiger partial charge < -0.3 is 10.1 Å². The van der Waals surface area contributed by atoms with Crippen LogP contribution in [-0.4, -0.2) is 24.1 Å². The van der Waals surface area contributed by atoms with E-state index in [1.807, 2.05) is 0 Å². The Kier molecular flexibility index (Phi) is 3.81. The first-order chi connectivity index (χ1) is 8.16. The maximum absolute atomic E-state index is 10.6. The lowest BCUT2D eigenvalue weighted by Gasteiger charge is -2.12. The maximum Gasteiger partial charge on any atom is 0.273 e. The summed E-state index contributed by atoms with van der Waals surface area (Å²) in [7, 11) is 0. The summed E-state index contributed by atoms with van der Waals surface area (Å²) < 4.78 is 5.51. The quantitative estimate of drug-likeness (QED) is 0.664. The standard InChI is InChI=1S/C11H13ClN2O3/c12-10-4-3-9(14(15)16)6-11(10)17-7-8-2-1-5-13-8/h3-4,6,8,13H,1-2,5,7H2/t8-/m0/s1. The van der Waals surface area contributed by atoms with E-state index >= 15 is 0 Å². The summed E-state index contributed by atoms with van der Waals surface area (Å²) in [6.07, 6.45) is 2.20. The van der Waals surface area contributed by atoms with Gasteiger partial charge in [-0.25, -0.2) is 0 Å². The van der Waals surface area contributed by atoms with Crippen LogP contribution >= 0.6 is 11.6 Å². The highest BCUT2D eigenvalue weighted by molar-refractivity contribution is 6.32. The van der Waals surface area contributed by atoms with Gasteiger partial charge in [-0.1, -0.05) is 11.6 Å². The summed E-state index contributed by atoms with van der Waals surface area (Å²) in [6, 6.07) is 4.52. The minimum Gasteiger partial charge on any atom is -0.490 e. The van der Waals surface area contributed by atoms with Crippen LogP contribution in [0.1, 0.15) is 12.8 Å². The molecule has 6 heteroatoms. The van der Waals surface area contributed by atoms with Gasteiger partial charge in [0.15, 0.2) is 0 Å². The Hall–Kier alpha value is -1.33. The third kappa shape index (κ3) is 3.08. The number of nitrogens with one attached hydrogen (secondary N) is 1. The minimum atomic E-state index is -0.461. The number of halogens is 1. The molecule has 92 valence electrons. The van der Waals surface area contributed by atoms with Gasteiger partial charge in [0.2, 0.25) is 0 Å². The predicted octanol–water partition coefficient (Wildman–Crippen LogP) is 2.38. The van der Waals surface area contributed by atoms with Crippen molar-refractivity contribution in [3.8, 4) is 5.75 Å². The van der Waals surface area contributed by atoms with Crippen LogP contribution in [0.4, 0.5) is 5.69 Å². The van der Waals surface area contributed by atoms with Crippen LogP contribution in [0, 0.1) is 10.1 Å². The number of non-ortho nitro benzene ring substituents is 1. The molecule has 17 heavy (non-hydrogen) atoms. The molecule has 5 nitrogen and oxygen atoms in total. The Balaban J connectivity index is 2.03. The summed E-state index contributed by atoms with van der Waals surface area (Å²) in [6.45, 7) is 1.48. The molecule has 0 aliphatic carbocycles. The molecule has 0 spiro atoms. The largest absolute Gasteiger partial charge is 0.490 e. The van der Waals surface area contributed by atoms with Crippen LogP contribution < -0.4 is 10.1 Å². The number of nitro groups is 1. The molecule has 1 N–H and O–H groups in total. The van der Waals surface area contributed by atoms with Crippen molar-refractivity contribution >= 4 is 17.3 Å². The highest BCUT2D eigenvalue weighted by Crippen LogP contribution is 2.29. The lowest BCUT2D eigenvalue weighted by Crippen LogP contribution is -2.28. The molecule has 1 aromatic rings. The SMILES string of the molecule is O=[N+]([O-])c1ccc(Cl)c(OC[C@@H]2CCCN2)c1. The van der Waals surface area contributed by atoms with E-state index in [1.54, 1.807) is 0 Å². The normalized spacial score (nSPS) is 19.2. The van der Waals surface area contributed by atoms with Crippen molar-refractivity contribution in [3.63, 3.8) is 0 Å². The van der Waals surface area contributed by atoms with E-state index in [0.29, 0.717) is 23.4 Å². The van der Waals surface area contributed by atoms with Gasteiger partial charge in [-0.05, 0) is 25.5 Å². The van der Waals surface area contributed by atoms with Crippen LogP contribution in [0.5, 0.6) is 5.75 Å². The smallest absolute Gasteiger partial charge is 0.273 e. The van der Waals surface area contributed by atoms with Crippen molar-refractivity contribution < 1.29 is 9.66 Å². The monoisotopic (exact) mass is 256 g/mol. The molecule has 0 amide bonds. The van der Waals surface area contributed by atoms with Crippen LogP contribution in [-0.2, 0) is 0 Å². The molecule has 0 aromatic heterocycles. The summed E-state index contributed by atoms with van der Waals surface area (Å²) >= 11 is 5.92. The summed E-state index contributed by atoms with van der Waals surface area (Å²) in [5, 5.41) is 14.3. The molecular weight excluding hydrogens is 244 g/mol. The first-order valence-electron chi connectivity index (χ1n) is 5.47. The zero-order chi connectivity index (χ0) is 12.3. The second-order valence-corrected chi connectivity index (χ2v) is 4.38. The molecule has 1 aliphatic heterocycles. The predicted molar refractivity (Wildman–Crippen MR) is 64.6 cm³/mol. The second-order valence-electron chi connectivity index (χ2n) is 3.98. The van der Waals surface area contributed by atoms with E-state index in [0.717, 1.165) is 19.4 Å². The van der Waals surface area contributed by atoms with Gasteiger partial charge in [0.25, 0.3) is 5.69 Å². The number of hydrogen-bond acceptors (Lipinski definition) is 4. The lowest BCUT2D eigenvalue weighted by atomic mass is 10.2. The minimum absolute atomic E-state index is 0.0104. The number of ether oxygens (including phenoxy) is 1. The van der Waals surface area contributed by atoms with E-state index in [2.05, 4.69) is 5.32 Å². The molecule has 1 heterocycles. The Bertz CT molecular complexity index is 419. The van der Waals surface area contributed by atoms with Crippen molar-refractivity contribution in [1.29, 1.82) is 0 Å². The third-order valence-electron chi connectivity index (χ3n) is 2.73. The molecule has 1 fully saturated rings. The van der Waals surface area contributed by atoms with E-state index in [-0.39, 0.29) is 5.69 Å². The summed E-state index contributed by atoms with van der Waals surface area (Å²) in [4.78, 5) is 10.2. The van der Waals surface area contributed by atoms with Crippen molar-refractivity contribution in [2.24, 2.45) is 0 Å². The van der Waals surface area contributed by atoms with Gasteiger partial charge in [-0.15, -0.1) is 0 Å². The van der Waals surface area contributed by atoms with Gasteiger partial charge in [-0.2, -0.15) is 0 Å². The molecule has 0 saturated carbocycles. The van der Waals surface area contributed by atoms with Crippen molar-refractivity contribution in [2.45, 2.75) is 18.9 Å². The molecule has 1 aliphatic rings. The van der Waals surface area contributed by atoms with E-state index in [1.165, 1.54) is 18.2 Å². The van der Waals surface area contributed by atoms with Crippen LogP contribution in [0.15, 0.2) is 18.2 Å². The number of rotatable bonds is 4. The Morgan fingerprint density at radius 3 is 3.06 bits per heavy atom. The molecule has 2 rings (SSSR count). The van der Waals surface area contributed by atoms with Crippen LogP contribution in [0.3, 0.4) is 0 Å². The highest BCUT2D eigenvalue weighted by atomic mass is 35.5. The highest BCUT2D eigenvalue weighted by Gasteiger charge is 2.16. The molecule has 1 atom stereocenters. The molecule has 0 bridgehead atoms. The average Bonchev–Trinajstić information content (AvgIpc) is 2.80. The van der Waals surface area contributed by atoms with Crippen molar-refractivity contribution in [2.75, 3.05) is 13.2 Å². The fraction of sp³-hybridized carbons (Fsp3) is 0.455. The number of nitro benzene ring substituents is 1. The van der Waals surface area contributed by atoms with Crippen LogP contribution in [0.2, 0.25) is 5.02 Å². The molecule has 1 saturated heterocycles. The second kappa shape index (κ2) is 5.33. The third-order valence-corrected chi connectivity index (χ3v) is 3.04. The maximum atomic E-state index is 10.6. The Labute approximate surface area is 104 Å². The Morgan fingerprint density at radius 2 is 2.41 bits per heavy atom. The summed E-state index contributed by atoms with van der Waals surface area (Å²) in [5.41, 5.74) is -0.0104. The van der Waals surface area contributed by atoms with Gasteiger partial charge in [0, 0.05) is 12.1 Å². The zero-order valence-electron chi connectivity index (χ0n) is 9.19. The number of nitrogens with zero attached hydrogens (tertiary/aromatic N) is 1. The van der Waals surface area contributed by atoms with Gasteiger partial charge in [-0.3, -0.25) is 10.1 Å². The van der Waals surface area contributed by atoms with Crippen molar-refractivity contribution in [1.82, 2.24) is 5.32 Å². The fourth-order valence-electron chi connectivity index (χ4n) is 1.81. The molecule has 0 unspecified atom stereocenters. The van der Waals surface area contributed by atoms with Crippen LogP contribution in [0.25, 0.3) is 0 Å². The van der Waals surface area contributed by atoms with E-state index < -0.39 is 4.92 Å². The summed E-state index contributed by atoms with van der Waals surface area (Å²) in [5.74, 6) is 0.370. The Morgan fingerprint density at radius 1 is 1.59 bits per heavy atom. The molecular formula is C11H13ClN2O3. The van der Waals surface area contributed by atoms with E-state index in [4.69, 9.17) is 16.3 Å². The first kappa shape index (κ1) is 12.1. The lowest BCUT2D eigenvalue weighted by molar-refractivity contribution is -0.384.